The van der Waals surface area contributed by atoms with E-state index in [1.807, 2.05) is 6.92 Å². The molecular weight excluding hydrogens is 360 g/mol. The molecule has 0 bridgehead atoms. The van der Waals surface area contributed by atoms with Crippen molar-refractivity contribution in [1.29, 1.82) is 0 Å². The Morgan fingerprint density at radius 3 is 2.45 bits per heavy atom. The first-order valence-electron chi connectivity index (χ1n) is 11.9. The summed E-state index contributed by atoms with van der Waals surface area (Å²) >= 11 is 0. The van der Waals surface area contributed by atoms with Gasteiger partial charge < -0.3 is 4.74 Å². The Kier molecular flexibility index (Phi) is 5.79. The number of carbonyl (C=O) groups is 2. The average molecular weight is 399 g/mol. The number of Topliss-reactive ketones (excluding diaryl/α,β-unsaturated/α-hetero) is 1. The van der Waals surface area contributed by atoms with Gasteiger partial charge in [0.2, 0.25) is 0 Å². The van der Waals surface area contributed by atoms with Crippen molar-refractivity contribution >= 4 is 11.8 Å². The van der Waals surface area contributed by atoms with E-state index in [2.05, 4.69) is 39.8 Å². The third kappa shape index (κ3) is 3.86. The minimum absolute atomic E-state index is 0.00640. The summed E-state index contributed by atoms with van der Waals surface area (Å²) in [6, 6.07) is 0. The van der Waals surface area contributed by atoms with Gasteiger partial charge in [0.25, 0.3) is 0 Å². The minimum Gasteiger partial charge on any atom is -0.463 e. The number of fused-ring (bicyclic) bond motifs is 5. The fourth-order valence-electron chi connectivity index (χ4n) is 6.78. The molecule has 1 saturated carbocycles. The van der Waals surface area contributed by atoms with Crippen LogP contribution in [0.15, 0.2) is 23.3 Å². The second-order valence-corrected chi connectivity index (χ2v) is 10.7. The molecule has 3 nitrogen and oxygen atoms in total. The SMILES string of the molecule is CC1=C[C@H]2C3CC(=O)O[C@@H](C)CCC[C@H](C)[C@@H](C)C(=O)C3=C[C@H]2[C@@H]2C[C@H](C)C[C@@H]12. The molecule has 9 atom stereocenters. The van der Waals surface area contributed by atoms with Gasteiger partial charge in [-0.15, -0.1) is 0 Å². The summed E-state index contributed by atoms with van der Waals surface area (Å²) in [6.45, 7) is 10.9. The van der Waals surface area contributed by atoms with Crippen molar-refractivity contribution in [3.8, 4) is 0 Å². The molecule has 0 radical (unpaired) electrons. The lowest BCUT2D eigenvalue weighted by molar-refractivity contribution is -0.149. The van der Waals surface area contributed by atoms with E-state index < -0.39 is 0 Å². The molecule has 0 amide bonds. The molecule has 29 heavy (non-hydrogen) atoms. The predicted molar refractivity (Wildman–Crippen MR) is 115 cm³/mol. The van der Waals surface area contributed by atoms with Gasteiger partial charge in [0.15, 0.2) is 5.78 Å². The largest absolute Gasteiger partial charge is 0.463 e. The maximum absolute atomic E-state index is 13.6. The van der Waals surface area contributed by atoms with Gasteiger partial charge in [0, 0.05) is 11.8 Å². The fraction of sp³-hybridized carbons (Fsp3) is 0.769. The van der Waals surface area contributed by atoms with E-state index in [-0.39, 0.29) is 35.6 Å². The van der Waals surface area contributed by atoms with E-state index in [1.165, 1.54) is 18.4 Å². The van der Waals surface area contributed by atoms with Crippen molar-refractivity contribution in [2.75, 3.05) is 0 Å². The highest BCUT2D eigenvalue weighted by molar-refractivity contribution is 5.98. The summed E-state index contributed by atoms with van der Waals surface area (Å²) in [5, 5.41) is 0. The van der Waals surface area contributed by atoms with Crippen LogP contribution in [0.3, 0.4) is 0 Å². The third-order valence-electron chi connectivity index (χ3n) is 8.60. The molecule has 4 aliphatic rings. The number of cyclic esters (lactones) is 1. The normalized spacial score (nSPS) is 45.8. The summed E-state index contributed by atoms with van der Waals surface area (Å²) in [4.78, 5) is 26.3. The first-order chi connectivity index (χ1) is 13.8. The van der Waals surface area contributed by atoms with E-state index in [0.29, 0.717) is 30.1 Å². The Labute approximate surface area is 176 Å². The van der Waals surface area contributed by atoms with Crippen molar-refractivity contribution in [3.05, 3.63) is 23.3 Å². The van der Waals surface area contributed by atoms with Crippen LogP contribution in [0, 0.1) is 47.3 Å². The summed E-state index contributed by atoms with van der Waals surface area (Å²) in [5.41, 5.74) is 2.42. The van der Waals surface area contributed by atoms with Crippen LogP contribution in [0.25, 0.3) is 0 Å². The quantitative estimate of drug-likeness (QED) is 0.386. The highest BCUT2D eigenvalue weighted by atomic mass is 16.5. The van der Waals surface area contributed by atoms with Gasteiger partial charge in [-0.3, -0.25) is 9.59 Å². The molecule has 2 fully saturated rings. The minimum atomic E-state index is -0.129. The van der Waals surface area contributed by atoms with Gasteiger partial charge >= 0.3 is 5.97 Å². The molecule has 1 heterocycles. The first-order valence-corrected chi connectivity index (χ1v) is 11.9. The maximum atomic E-state index is 13.6. The molecule has 0 spiro atoms. The van der Waals surface area contributed by atoms with Crippen molar-refractivity contribution in [2.45, 2.75) is 79.2 Å². The molecule has 0 aromatic carbocycles. The maximum Gasteiger partial charge on any atom is 0.306 e. The number of carbonyl (C=O) groups excluding carboxylic acids is 2. The van der Waals surface area contributed by atoms with E-state index in [4.69, 9.17) is 4.74 Å². The number of allylic oxidation sites excluding steroid dienone is 4. The Hall–Kier alpha value is -1.38. The fourth-order valence-corrected chi connectivity index (χ4v) is 6.78. The zero-order chi connectivity index (χ0) is 20.9. The van der Waals surface area contributed by atoms with Crippen LogP contribution in [0.2, 0.25) is 0 Å². The monoisotopic (exact) mass is 398 g/mol. The van der Waals surface area contributed by atoms with Gasteiger partial charge in [-0.2, -0.15) is 0 Å². The molecule has 0 aromatic rings. The molecule has 0 N–H and O–H groups in total. The van der Waals surface area contributed by atoms with Gasteiger partial charge in [-0.1, -0.05) is 38.5 Å². The summed E-state index contributed by atoms with van der Waals surface area (Å²) < 4.78 is 5.74. The van der Waals surface area contributed by atoms with Gasteiger partial charge in [0.1, 0.15) is 0 Å². The van der Waals surface area contributed by atoms with Crippen LogP contribution >= 0.6 is 0 Å². The van der Waals surface area contributed by atoms with Crippen molar-refractivity contribution < 1.29 is 14.3 Å². The smallest absolute Gasteiger partial charge is 0.306 e. The first kappa shape index (κ1) is 20.9. The van der Waals surface area contributed by atoms with Crippen LogP contribution in [0.4, 0.5) is 0 Å². The average Bonchev–Trinajstić information content (AvgIpc) is 3.21. The predicted octanol–water partition coefficient (Wildman–Crippen LogP) is 5.74. The topological polar surface area (TPSA) is 43.4 Å². The highest BCUT2D eigenvalue weighted by Crippen LogP contribution is 2.56. The molecule has 1 saturated heterocycles. The van der Waals surface area contributed by atoms with E-state index in [9.17, 15) is 9.59 Å². The number of esters is 1. The molecular formula is C26H38O3. The summed E-state index contributed by atoms with van der Waals surface area (Å²) in [7, 11) is 0. The van der Waals surface area contributed by atoms with E-state index in [1.54, 1.807) is 0 Å². The molecule has 3 heteroatoms. The van der Waals surface area contributed by atoms with Crippen LogP contribution in [-0.4, -0.2) is 17.9 Å². The third-order valence-corrected chi connectivity index (χ3v) is 8.60. The van der Waals surface area contributed by atoms with Crippen molar-refractivity contribution in [2.24, 2.45) is 47.3 Å². The van der Waals surface area contributed by atoms with Crippen LogP contribution < -0.4 is 0 Å². The van der Waals surface area contributed by atoms with Crippen LogP contribution in [0.5, 0.6) is 0 Å². The van der Waals surface area contributed by atoms with Gasteiger partial charge in [-0.05, 0) is 87.0 Å². The van der Waals surface area contributed by atoms with E-state index >= 15 is 0 Å². The summed E-state index contributed by atoms with van der Waals surface area (Å²) in [5.74, 6) is 3.27. The molecule has 160 valence electrons. The number of rotatable bonds is 0. The van der Waals surface area contributed by atoms with Crippen molar-refractivity contribution in [3.63, 3.8) is 0 Å². The molecule has 3 aliphatic carbocycles. The van der Waals surface area contributed by atoms with Crippen molar-refractivity contribution in [1.82, 2.24) is 0 Å². The lowest BCUT2D eigenvalue weighted by Gasteiger charge is -2.37. The molecule has 0 aromatic heterocycles. The summed E-state index contributed by atoms with van der Waals surface area (Å²) in [6.07, 6.45) is 10.5. The number of ketones is 1. The Morgan fingerprint density at radius 1 is 0.931 bits per heavy atom. The molecule has 1 unspecified atom stereocenters. The molecule has 4 rings (SSSR count). The molecule has 1 aliphatic heterocycles. The van der Waals surface area contributed by atoms with Gasteiger partial charge in [-0.25, -0.2) is 0 Å². The second-order valence-electron chi connectivity index (χ2n) is 10.7. The zero-order valence-corrected chi connectivity index (χ0v) is 18.8. The second kappa shape index (κ2) is 8.04. The lowest BCUT2D eigenvalue weighted by atomic mass is 9.67. The van der Waals surface area contributed by atoms with E-state index in [0.717, 1.165) is 30.8 Å². The van der Waals surface area contributed by atoms with Crippen LogP contribution in [0.1, 0.15) is 73.1 Å². The number of ether oxygens (including phenoxy) is 1. The van der Waals surface area contributed by atoms with Gasteiger partial charge in [0.05, 0.1) is 12.5 Å². The Bertz CT molecular complexity index is 732. The zero-order valence-electron chi connectivity index (χ0n) is 18.8. The Morgan fingerprint density at radius 2 is 1.69 bits per heavy atom. The Balaban J connectivity index is 1.69. The number of hydrogen-bond acceptors (Lipinski definition) is 3. The highest BCUT2D eigenvalue weighted by Gasteiger charge is 2.50. The van der Waals surface area contributed by atoms with Crippen LogP contribution in [-0.2, 0) is 14.3 Å². The lowest BCUT2D eigenvalue weighted by Crippen LogP contribution is -2.33. The standard InChI is InChI=1S/C26H38O3/c1-14-9-19-16(3)11-21-22(20(19)10-14)12-24-23(21)13-25(27)29-17(4)8-6-7-15(2)18(5)26(24)28/h11-12,14-15,17-23H,6-10,13H2,1-5H3/t14-,15+,17+,18-,19+,20-,21-,22+,23?/m1/s1. The number of hydrogen-bond donors (Lipinski definition) is 0.